The molecule has 1 unspecified atom stereocenters. The zero-order valence-corrected chi connectivity index (χ0v) is 16.9. The van der Waals surface area contributed by atoms with Crippen molar-refractivity contribution in [2.24, 2.45) is 0 Å². The minimum atomic E-state index is -0.208. The lowest BCUT2D eigenvalue weighted by atomic mass is 9.86. The highest BCUT2D eigenvalue weighted by atomic mass is 16.5. The molecule has 0 aromatic heterocycles. The summed E-state index contributed by atoms with van der Waals surface area (Å²) in [6.07, 6.45) is 2.28. The average Bonchev–Trinajstić information content (AvgIpc) is 3.18. The van der Waals surface area contributed by atoms with Gasteiger partial charge in [0.2, 0.25) is 0 Å². The van der Waals surface area contributed by atoms with E-state index in [1.54, 1.807) is 0 Å². The van der Waals surface area contributed by atoms with Crippen LogP contribution >= 0.6 is 0 Å². The Bertz CT molecular complexity index is 791. The summed E-state index contributed by atoms with van der Waals surface area (Å²) in [4.78, 5) is 12.3. The molecule has 1 fully saturated rings. The Labute approximate surface area is 167 Å². The van der Waals surface area contributed by atoms with Crippen molar-refractivity contribution in [1.82, 2.24) is 0 Å². The number of amides is 1. The lowest BCUT2D eigenvalue weighted by Crippen LogP contribution is -2.22. The highest BCUT2D eigenvalue weighted by Crippen LogP contribution is 2.31. The topological polar surface area (TPSA) is 56.8 Å². The van der Waals surface area contributed by atoms with Gasteiger partial charge < -0.3 is 19.5 Å². The van der Waals surface area contributed by atoms with Crippen molar-refractivity contribution in [2.75, 3.05) is 25.1 Å². The predicted octanol–water partition coefficient (Wildman–Crippen LogP) is 4.56. The number of carbonyl (C=O) groups is 1. The second kappa shape index (κ2) is 9.11. The Balaban J connectivity index is 1.53. The van der Waals surface area contributed by atoms with E-state index in [9.17, 15) is 4.79 Å². The molecule has 1 aliphatic heterocycles. The standard InChI is InChI=1S/C23H29NO4/c1-23(2,3)20-11-4-5-12-21(20)28-16-22(25)24-17-8-6-9-18(14-17)27-15-19-10-7-13-26-19/h4-6,8-9,11-12,14,19H,7,10,13,15-16H2,1-3H3,(H,24,25). The fourth-order valence-corrected chi connectivity index (χ4v) is 3.18. The van der Waals surface area contributed by atoms with Crippen molar-refractivity contribution < 1.29 is 19.0 Å². The molecule has 2 aromatic carbocycles. The zero-order chi connectivity index (χ0) is 20.0. The molecule has 28 heavy (non-hydrogen) atoms. The van der Waals surface area contributed by atoms with E-state index < -0.39 is 0 Å². The number of hydrogen-bond donors (Lipinski definition) is 1. The normalized spacial score (nSPS) is 16.6. The summed E-state index contributed by atoms with van der Waals surface area (Å²) < 4.78 is 17.1. The summed E-state index contributed by atoms with van der Waals surface area (Å²) in [5, 5.41) is 2.86. The van der Waals surface area contributed by atoms with E-state index in [1.165, 1.54) is 0 Å². The van der Waals surface area contributed by atoms with Crippen LogP contribution in [-0.4, -0.2) is 31.8 Å². The van der Waals surface area contributed by atoms with Crippen LogP contribution in [0.25, 0.3) is 0 Å². The number of hydrogen-bond acceptors (Lipinski definition) is 4. The number of anilines is 1. The lowest BCUT2D eigenvalue weighted by molar-refractivity contribution is -0.118. The van der Waals surface area contributed by atoms with E-state index in [1.807, 2.05) is 48.5 Å². The van der Waals surface area contributed by atoms with Crippen LogP contribution in [0.15, 0.2) is 48.5 Å². The van der Waals surface area contributed by atoms with Crippen LogP contribution in [0.5, 0.6) is 11.5 Å². The number of para-hydroxylation sites is 1. The van der Waals surface area contributed by atoms with Gasteiger partial charge in [0.25, 0.3) is 5.91 Å². The molecular formula is C23H29NO4. The van der Waals surface area contributed by atoms with Gasteiger partial charge in [0.05, 0.1) is 6.10 Å². The average molecular weight is 383 g/mol. The third-order valence-electron chi connectivity index (χ3n) is 4.63. The van der Waals surface area contributed by atoms with Crippen LogP contribution in [0.4, 0.5) is 5.69 Å². The van der Waals surface area contributed by atoms with E-state index in [0.29, 0.717) is 18.0 Å². The molecule has 0 radical (unpaired) electrons. The number of carbonyl (C=O) groups excluding carboxylic acids is 1. The van der Waals surface area contributed by atoms with E-state index in [-0.39, 0.29) is 24.0 Å². The fourth-order valence-electron chi connectivity index (χ4n) is 3.18. The quantitative estimate of drug-likeness (QED) is 0.761. The Kier molecular flexibility index (Phi) is 6.57. The van der Waals surface area contributed by atoms with Gasteiger partial charge in [-0.3, -0.25) is 4.79 Å². The summed E-state index contributed by atoms with van der Waals surface area (Å²) in [5.74, 6) is 1.24. The van der Waals surface area contributed by atoms with Crippen molar-refractivity contribution in [2.45, 2.75) is 45.1 Å². The molecule has 3 rings (SSSR count). The molecule has 0 saturated carbocycles. The van der Waals surface area contributed by atoms with Gasteiger partial charge in [0.1, 0.15) is 18.1 Å². The monoisotopic (exact) mass is 383 g/mol. The molecule has 1 amide bonds. The van der Waals surface area contributed by atoms with Crippen LogP contribution in [0.3, 0.4) is 0 Å². The number of benzene rings is 2. The summed E-state index contributed by atoms with van der Waals surface area (Å²) in [5.41, 5.74) is 1.71. The number of ether oxygens (including phenoxy) is 3. The first-order chi connectivity index (χ1) is 13.4. The van der Waals surface area contributed by atoms with Crippen molar-refractivity contribution >= 4 is 11.6 Å². The molecule has 1 atom stereocenters. The maximum absolute atomic E-state index is 12.3. The Hall–Kier alpha value is -2.53. The molecule has 1 aliphatic rings. The van der Waals surface area contributed by atoms with Gasteiger partial charge in [-0.05, 0) is 42.0 Å². The Morgan fingerprint density at radius 3 is 2.71 bits per heavy atom. The molecule has 1 N–H and O–H groups in total. The van der Waals surface area contributed by atoms with Crippen LogP contribution in [0.2, 0.25) is 0 Å². The molecule has 150 valence electrons. The maximum atomic E-state index is 12.3. The third kappa shape index (κ3) is 5.73. The number of nitrogens with one attached hydrogen (secondary N) is 1. The Morgan fingerprint density at radius 2 is 1.96 bits per heavy atom. The first kappa shape index (κ1) is 20.2. The van der Waals surface area contributed by atoms with Crippen molar-refractivity contribution in [3.63, 3.8) is 0 Å². The largest absolute Gasteiger partial charge is 0.491 e. The number of rotatable bonds is 7. The first-order valence-corrected chi connectivity index (χ1v) is 9.78. The van der Waals surface area contributed by atoms with Gasteiger partial charge in [-0.2, -0.15) is 0 Å². The highest BCUT2D eigenvalue weighted by molar-refractivity contribution is 5.92. The van der Waals surface area contributed by atoms with Crippen LogP contribution in [0, 0.1) is 0 Å². The lowest BCUT2D eigenvalue weighted by Gasteiger charge is -2.22. The van der Waals surface area contributed by atoms with Gasteiger partial charge in [-0.25, -0.2) is 0 Å². The molecule has 0 aliphatic carbocycles. The second-order valence-electron chi connectivity index (χ2n) is 8.06. The summed E-state index contributed by atoms with van der Waals surface area (Å²) in [6, 6.07) is 15.2. The van der Waals surface area contributed by atoms with Crippen molar-refractivity contribution in [1.29, 1.82) is 0 Å². The van der Waals surface area contributed by atoms with E-state index >= 15 is 0 Å². The van der Waals surface area contributed by atoms with Crippen LogP contribution in [-0.2, 0) is 14.9 Å². The summed E-state index contributed by atoms with van der Waals surface area (Å²) >= 11 is 0. The van der Waals surface area contributed by atoms with Gasteiger partial charge in [-0.1, -0.05) is 45.0 Å². The minimum Gasteiger partial charge on any atom is -0.491 e. The van der Waals surface area contributed by atoms with E-state index in [2.05, 4.69) is 26.1 Å². The van der Waals surface area contributed by atoms with Gasteiger partial charge in [-0.15, -0.1) is 0 Å². The van der Waals surface area contributed by atoms with Gasteiger partial charge in [0, 0.05) is 18.4 Å². The Morgan fingerprint density at radius 1 is 1.14 bits per heavy atom. The molecule has 0 bridgehead atoms. The van der Waals surface area contributed by atoms with Gasteiger partial charge in [0.15, 0.2) is 6.61 Å². The van der Waals surface area contributed by atoms with Crippen LogP contribution < -0.4 is 14.8 Å². The fraction of sp³-hybridized carbons (Fsp3) is 0.435. The maximum Gasteiger partial charge on any atom is 0.262 e. The molecule has 5 nitrogen and oxygen atoms in total. The molecule has 1 heterocycles. The molecular weight excluding hydrogens is 354 g/mol. The van der Waals surface area contributed by atoms with E-state index in [4.69, 9.17) is 14.2 Å². The minimum absolute atomic E-state index is 0.0475. The van der Waals surface area contributed by atoms with Gasteiger partial charge >= 0.3 is 0 Å². The summed E-state index contributed by atoms with van der Waals surface area (Å²) in [6.45, 7) is 7.66. The second-order valence-corrected chi connectivity index (χ2v) is 8.06. The van der Waals surface area contributed by atoms with Crippen LogP contribution in [0.1, 0.15) is 39.2 Å². The zero-order valence-electron chi connectivity index (χ0n) is 16.9. The molecule has 5 heteroatoms. The SMILES string of the molecule is CC(C)(C)c1ccccc1OCC(=O)Nc1cccc(OCC2CCCO2)c1. The third-order valence-corrected chi connectivity index (χ3v) is 4.63. The molecule has 2 aromatic rings. The predicted molar refractivity (Wildman–Crippen MR) is 110 cm³/mol. The highest BCUT2D eigenvalue weighted by Gasteiger charge is 2.19. The summed E-state index contributed by atoms with van der Waals surface area (Å²) in [7, 11) is 0. The smallest absolute Gasteiger partial charge is 0.262 e. The molecule has 0 spiro atoms. The van der Waals surface area contributed by atoms with Crippen molar-refractivity contribution in [3.8, 4) is 11.5 Å². The molecule has 1 saturated heterocycles. The van der Waals surface area contributed by atoms with Crippen molar-refractivity contribution in [3.05, 3.63) is 54.1 Å². The van der Waals surface area contributed by atoms with E-state index in [0.717, 1.165) is 30.8 Å². The first-order valence-electron chi connectivity index (χ1n) is 9.78.